The van der Waals surface area contributed by atoms with Crippen LogP contribution in [0.5, 0.6) is 0 Å². The first kappa shape index (κ1) is 12.6. The van der Waals surface area contributed by atoms with Crippen molar-refractivity contribution in [2.75, 3.05) is 19.6 Å². The maximum absolute atomic E-state index is 13.2. The van der Waals surface area contributed by atoms with Crippen molar-refractivity contribution < 1.29 is 4.39 Å². The number of hydrogen-bond acceptors (Lipinski definition) is 2. The second-order valence-corrected chi connectivity index (χ2v) is 6.26. The van der Waals surface area contributed by atoms with Gasteiger partial charge in [-0.05, 0) is 58.9 Å². The van der Waals surface area contributed by atoms with Gasteiger partial charge < -0.3 is 5.32 Å². The van der Waals surface area contributed by atoms with Gasteiger partial charge in [0.2, 0.25) is 0 Å². The molecule has 2 nitrogen and oxygen atoms in total. The third kappa shape index (κ3) is 2.60. The van der Waals surface area contributed by atoms with E-state index in [2.05, 4.69) is 26.1 Å². The molecule has 18 heavy (non-hydrogen) atoms. The van der Waals surface area contributed by atoms with Crippen LogP contribution in [-0.2, 0) is 6.54 Å². The van der Waals surface area contributed by atoms with Crippen LogP contribution >= 0.6 is 15.9 Å². The standard InChI is InChI=1S/C14H18BrFN2/c15-12-6-10(3-4-13(12)16)7-18-8-11-2-1-5-17-14(11)9-18/h3-4,6,11,14,17H,1-2,5,7-9H2. The van der Waals surface area contributed by atoms with Gasteiger partial charge in [0.25, 0.3) is 0 Å². The molecule has 2 saturated heterocycles. The first-order valence-corrected chi connectivity index (χ1v) is 7.41. The summed E-state index contributed by atoms with van der Waals surface area (Å²) in [5, 5.41) is 3.61. The van der Waals surface area contributed by atoms with Crippen LogP contribution in [-0.4, -0.2) is 30.6 Å². The Kier molecular flexibility index (Phi) is 3.68. The monoisotopic (exact) mass is 312 g/mol. The average Bonchev–Trinajstić information content (AvgIpc) is 2.76. The zero-order chi connectivity index (χ0) is 12.5. The molecule has 2 heterocycles. The van der Waals surface area contributed by atoms with E-state index in [0.717, 1.165) is 25.6 Å². The summed E-state index contributed by atoms with van der Waals surface area (Å²) in [5.74, 6) is 0.623. The van der Waals surface area contributed by atoms with Crippen LogP contribution in [0.15, 0.2) is 22.7 Å². The van der Waals surface area contributed by atoms with E-state index in [1.165, 1.54) is 24.9 Å². The summed E-state index contributed by atoms with van der Waals surface area (Å²) < 4.78 is 13.7. The molecule has 2 aliphatic rings. The lowest BCUT2D eigenvalue weighted by atomic mass is 9.94. The summed E-state index contributed by atoms with van der Waals surface area (Å²) in [6, 6.07) is 5.99. The van der Waals surface area contributed by atoms with Gasteiger partial charge in [0.1, 0.15) is 5.82 Å². The molecule has 2 unspecified atom stereocenters. The first-order chi connectivity index (χ1) is 8.72. The number of likely N-dealkylation sites (tertiary alicyclic amines) is 1. The van der Waals surface area contributed by atoms with E-state index in [1.54, 1.807) is 6.07 Å². The fourth-order valence-corrected chi connectivity index (χ4v) is 3.59. The van der Waals surface area contributed by atoms with Gasteiger partial charge in [0, 0.05) is 25.7 Å². The van der Waals surface area contributed by atoms with Crippen molar-refractivity contribution >= 4 is 15.9 Å². The Morgan fingerprint density at radius 1 is 1.39 bits per heavy atom. The zero-order valence-corrected chi connectivity index (χ0v) is 11.9. The van der Waals surface area contributed by atoms with Crippen LogP contribution < -0.4 is 5.32 Å². The van der Waals surface area contributed by atoms with Crippen LogP contribution in [0.2, 0.25) is 0 Å². The molecule has 0 amide bonds. The van der Waals surface area contributed by atoms with E-state index in [4.69, 9.17) is 0 Å². The highest BCUT2D eigenvalue weighted by atomic mass is 79.9. The van der Waals surface area contributed by atoms with E-state index in [9.17, 15) is 4.39 Å². The summed E-state index contributed by atoms with van der Waals surface area (Å²) in [6.07, 6.45) is 2.65. The van der Waals surface area contributed by atoms with E-state index in [-0.39, 0.29) is 5.82 Å². The van der Waals surface area contributed by atoms with Crippen LogP contribution in [0.1, 0.15) is 18.4 Å². The summed E-state index contributed by atoms with van der Waals surface area (Å²) >= 11 is 3.25. The molecular weight excluding hydrogens is 295 g/mol. The second-order valence-electron chi connectivity index (χ2n) is 5.41. The quantitative estimate of drug-likeness (QED) is 0.903. The van der Waals surface area contributed by atoms with Crippen LogP contribution in [0.25, 0.3) is 0 Å². The highest BCUT2D eigenvalue weighted by Gasteiger charge is 2.33. The number of rotatable bonds is 2. The molecular formula is C14H18BrFN2. The molecule has 0 bridgehead atoms. The van der Waals surface area contributed by atoms with Gasteiger partial charge in [0.15, 0.2) is 0 Å². The SMILES string of the molecule is Fc1ccc(CN2CC3CCCNC3C2)cc1Br. The highest BCUT2D eigenvalue weighted by Crippen LogP contribution is 2.26. The van der Waals surface area contributed by atoms with Crippen LogP contribution in [0, 0.1) is 11.7 Å². The molecule has 1 aromatic carbocycles. The lowest BCUT2D eigenvalue weighted by molar-refractivity contribution is 0.312. The van der Waals surface area contributed by atoms with Gasteiger partial charge in [-0.3, -0.25) is 4.90 Å². The van der Waals surface area contributed by atoms with Gasteiger partial charge in [-0.15, -0.1) is 0 Å². The second kappa shape index (κ2) is 5.27. The molecule has 2 fully saturated rings. The Balaban J connectivity index is 1.64. The van der Waals surface area contributed by atoms with Crippen molar-refractivity contribution in [2.24, 2.45) is 5.92 Å². The van der Waals surface area contributed by atoms with Gasteiger partial charge in [-0.25, -0.2) is 4.39 Å². The minimum absolute atomic E-state index is 0.185. The van der Waals surface area contributed by atoms with Gasteiger partial charge in [0.05, 0.1) is 4.47 Å². The Morgan fingerprint density at radius 3 is 3.06 bits per heavy atom. The van der Waals surface area contributed by atoms with Gasteiger partial charge in [-0.2, -0.15) is 0 Å². The molecule has 0 spiro atoms. The minimum atomic E-state index is -0.185. The Hall–Kier alpha value is -0.450. The third-order valence-corrected chi connectivity index (χ3v) is 4.67. The molecule has 1 aromatic rings. The Labute approximate surface area is 116 Å². The summed E-state index contributed by atoms with van der Waals surface area (Å²) in [4.78, 5) is 2.48. The maximum atomic E-state index is 13.2. The van der Waals surface area contributed by atoms with Crippen molar-refractivity contribution in [3.63, 3.8) is 0 Å². The van der Waals surface area contributed by atoms with Gasteiger partial charge >= 0.3 is 0 Å². The Bertz CT molecular complexity index is 424. The molecule has 4 heteroatoms. The maximum Gasteiger partial charge on any atom is 0.137 e. The van der Waals surface area contributed by atoms with E-state index in [0.29, 0.717) is 10.5 Å². The number of nitrogens with zero attached hydrogens (tertiary/aromatic N) is 1. The summed E-state index contributed by atoms with van der Waals surface area (Å²) in [5.41, 5.74) is 1.18. The molecule has 98 valence electrons. The molecule has 0 aromatic heterocycles. The zero-order valence-electron chi connectivity index (χ0n) is 10.3. The fraction of sp³-hybridized carbons (Fsp3) is 0.571. The summed E-state index contributed by atoms with van der Waals surface area (Å²) in [7, 11) is 0. The number of hydrogen-bond donors (Lipinski definition) is 1. The molecule has 3 rings (SSSR count). The number of nitrogens with one attached hydrogen (secondary N) is 1. The topological polar surface area (TPSA) is 15.3 Å². The molecule has 1 N–H and O–H groups in total. The van der Waals surface area contributed by atoms with Crippen LogP contribution in [0.3, 0.4) is 0 Å². The lowest BCUT2D eigenvalue weighted by Gasteiger charge is -2.24. The largest absolute Gasteiger partial charge is 0.312 e. The first-order valence-electron chi connectivity index (χ1n) is 6.62. The average molecular weight is 313 g/mol. The minimum Gasteiger partial charge on any atom is -0.312 e. The van der Waals surface area contributed by atoms with Crippen molar-refractivity contribution in [1.82, 2.24) is 10.2 Å². The highest BCUT2D eigenvalue weighted by molar-refractivity contribution is 9.10. The fourth-order valence-electron chi connectivity index (χ4n) is 3.16. The van der Waals surface area contributed by atoms with E-state index < -0.39 is 0 Å². The molecule has 2 atom stereocenters. The normalized spacial score (nSPS) is 28.3. The Morgan fingerprint density at radius 2 is 2.28 bits per heavy atom. The molecule has 0 saturated carbocycles. The number of benzene rings is 1. The molecule has 0 aliphatic carbocycles. The number of fused-ring (bicyclic) bond motifs is 1. The van der Waals surface area contributed by atoms with Crippen molar-refractivity contribution in [3.8, 4) is 0 Å². The molecule has 0 radical (unpaired) electrons. The summed E-state index contributed by atoms with van der Waals surface area (Å²) in [6.45, 7) is 4.39. The van der Waals surface area contributed by atoms with Crippen molar-refractivity contribution in [2.45, 2.75) is 25.4 Å². The van der Waals surface area contributed by atoms with Gasteiger partial charge in [-0.1, -0.05) is 6.07 Å². The number of halogens is 2. The van der Waals surface area contributed by atoms with Crippen molar-refractivity contribution in [1.29, 1.82) is 0 Å². The number of piperidine rings is 1. The molecule has 2 aliphatic heterocycles. The lowest BCUT2D eigenvalue weighted by Crippen LogP contribution is -2.40. The van der Waals surface area contributed by atoms with Crippen LogP contribution in [0.4, 0.5) is 4.39 Å². The third-order valence-electron chi connectivity index (χ3n) is 4.07. The smallest absolute Gasteiger partial charge is 0.137 e. The van der Waals surface area contributed by atoms with E-state index in [1.807, 2.05) is 12.1 Å². The van der Waals surface area contributed by atoms with E-state index >= 15 is 0 Å². The predicted molar refractivity (Wildman–Crippen MR) is 73.9 cm³/mol. The van der Waals surface area contributed by atoms with Crippen molar-refractivity contribution in [3.05, 3.63) is 34.1 Å². The predicted octanol–water partition coefficient (Wildman–Crippen LogP) is 2.77.